The highest BCUT2D eigenvalue weighted by atomic mass is 19.1. The van der Waals surface area contributed by atoms with Crippen molar-refractivity contribution in [3.63, 3.8) is 0 Å². The number of benzene rings is 1. The first-order valence-electron chi connectivity index (χ1n) is 5.59. The summed E-state index contributed by atoms with van der Waals surface area (Å²) >= 11 is 0. The number of esters is 1. The van der Waals surface area contributed by atoms with Crippen LogP contribution in [0.25, 0.3) is 0 Å². The summed E-state index contributed by atoms with van der Waals surface area (Å²) in [6.07, 6.45) is 0. The summed E-state index contributed by atoms with van der Waals surface area (Å²) in [4.78, 5) is 11.5. The third-order valence-corrected chi connectivity index (χ3v) is 2.65. The quantitative estimate of drug-likeness (QED) is 0.672. The standard InChI is InChI=1S/C14H9FN4O2/c1-8-11(19-12(7-18)9(5-16)6-17)4-3-10(15)13(8)14(20)21-2/h3-4,19H,1-2H3. The first-order valence-corrected chi connectivity index (χ1v) is 5.59. The molecule has 0 saturated carbocycles. The molecule has 0 unspecified atom stereocenters. The van der Waals surface area contributed by atoms with E-state index in [1.807, 2.05) is 0 Å². The number of hydrogen-bond acceptors (Lipinski definition) is 6. The normalized spacial score (nSPS) is 8.76. The van der Waals surface area contributed by atoms with Crippen LogP contribution in [0.4, 0.5) is 10.1 Å². The third kappa shape index (κ3) is 3.15. The van der Waals surface area contributed by atoms with Crippen molar-refractivity contribution in [3.8, 4) is 18.2 Å². The van der Waals surface area contributed by atoms with Crippen LogP contribution < -0.4 is 5.32 Å². The molecule has 0 heterocycles. The SMILES string of the molecule is COC(=O)c1c(F)ccc(NC(C#N)=C(C#N)C#N)c1C. The minimum Gasteiger partial charge on any atom is -0.465 e. The van der Waals surface area contributed by atoms with Crippen molar-refractivity contribution in [3.05, 3.63) is 40.3 Å². The molecule has 0 aromatic heterocycles. The molecular weight excluding hydrogens is 275 g/mol. The summed E-state index contributed by atoms with van der Waals surface area (Å²) in [6, 6.07) is 7.13. The third-order valence-electron chi connectivity index (χ3n) is 2.65. The minimum atomic E-state index is -0.864. The molecule has 1 rings (SSSR count). The van der Waals surface area contributed by atoms with Gasteiger partial charge in [-0.3, -0.25) is 0 Å². The molecule has 7 heteroatoms. The monoisotopic (exact) mass is 284 g/mol. The summed E-state index contributed by atoms with van der Waals surface area (Å²) in [5, 5.41) is 29.0. The Hall–Kier alpha value is -3.37. The van der Waals surface area contributed by atoms with Gasteiger partial charge in [0.15, 0.2) is 5.57 Å². The zero-order valence-corrected chi connectivity index (χ0v) is 11.2. The number of halogens is 1. The number of rotatable bonds is 3. The summed E-state index contributed by atoms with van der Waals surface area (Å²) in [5.41, 5.74) is -0.567. The molecule has 0 radical (unpaired) electrons. The smallest absolute Gasteiger partial charge is 0.341 e. The van der Waals surface area contributed by atoms with Gasteiger partial charge < -0.3 is 10.1 Å². The highest BCUT2D eigenvalue weighted by Crippen LogP contribution is 2.24. The molecule has 1 aromatic carbocycles. The topological polar surface area (TPSA) is 110 Å². The Morgan fingerprint density at radius 1 is 1.24 bits per heavy atom. The molecule has 1 aromatic rings. The summed E-state index contributed by atoms with van der Waals surface area (Å²) in [7, 11) is 1.12. The van der Waals surface area contributed by atoms with E-state index in [0.29, 0.717) is 0 Å². The largest absolute Gasteiger partial charge is 0.465 e. The number of nitriles is 3. The molecule has 0 spiro atoms. The molecule has 0 atom stereocenters. The Labute approximate surface area is 120 Å². The van der Waals surface area contributed by atoms with Gasteiger partial charge in [0, 0.05) is 5.69 Å². The van der Waals surface area contributed by atoms with Gasteiger partial charge in [-0.1, -0.05) is 0 Å². The van der Waals surface area contributed by atoms with Crippen LogP contribution in [0, 0.1) is 46.7 Å². The Bertz CT molecular complexity index is 732. The van der Waals surface area contributed by atoms with Crippen LogP contribution in [0.3, 0.4) is 0 Å². The molecule has 0 saturated heterocycles. The van der Waals surface area contributed by atoms with Gasteiger partial charge in [0.25, 0.3) is 0 Å². The van der Waals surface area contributed by atoms with E-state index in [0.717, 1.165) is 13.2 Å². The van der Waals surface area contributed by atoms with Crippen molar-refractivity contribution in [1.82, 2.24) is 0 Å². The lowest BCUT2D eigenvalue weighted by atomic mass is 10.1. The number of nitrogens with one attached hydrogen (secondary N) is 1. The van der Waals surface area contributed by atoms with E-state index in [1.54, 1.807) is 18.2 Å². The minimum absolute atomic E-state index is 0.199. The number of ether oxygens (including phenoxy) is 1. The molecule has 104 valence electrons. The van der Waals surface area contributed by atoms with Crippen molar-refractivity contribution in [2.45, 2.75) is 6.92 Å². The van der Waals surface area contributed by atoms with Crippen LogP contribution in [0.15, 0.2) is 23.4 Å². The second kappa shape index (κ2) is 6.70. The fourth-order valence-electron chi connectivity index (χ4n) is 1.58. The van der Waals surface area contributed by atoms with E-state index in [-0.39, 0.29) is 22.5 Å². The van der Waals surface area contributed by atoms with Crippen molar-refractivity contribution >= 4 is 11.7 Å². The molecule has 1 N–H and O–H groups in total. The molecule has 21 heavy (non-hydrogen) atoms. The number of methoxy groups -OCH3 is 1. The maximum atomic E-state index is 13.7. The molecule has 0 bridgehead atoms. The average Bonchev–Trinajstić information content (AvgIpc) is 2.49. The van der Waals surface area contributed by atoms with E-state index >= 15 is 0 Å². The average molecular weight is 284 g/mol. The highest BCUT2D eigenvalue weighted by molar-refractivity contribution is 5.93. The van der Waals surface area contributed by atoms with Crippen LogP contribution in [0.1, 0.15) is 15.9 Å². The van der Waals surface area contributed by atoms with Gasteiger partial charge in [-0.2, -0.15) is 15.8 Å². The number of carbonyl (C=O) groups is 1. The Morgan fingerprint density at radius 2 is 1.86 bits per heavy atom. The van der Waals surface area contributed by atoms with E-state index in [4.69, 9.17) is 15.8 Å². The van der Waals surface area contributed by atoms with Gasteiger partial charge in [-0.25, -0.2) is 9.18 Å². The molecule has 0 amide bonds. The van der Waals surface area contributed by atoms with E-state index < -0.39 is 17.4 Å². The number of anilines is 1. The van der Waals surface area contributed by atoms with Crippen molar-refractivity contribution < 1.29 is 13.9 Å². The van der Waals surface area contributed by atoms with Gasteiger partial charge in [-0.15, -0.1) is 0 Å². The van der Waals surface area contributed by atoms with Crippen LogP contribution in [0.5, 0.6) is 0 Å². The van der Waals surface area contributed by atoms with Gasteiger partial charge in [0.05, 0.1) is 7.11 Å². The van der Waals surface area contributed by atoms with Gasteiger partial charge in [0.2, 0.25) is 0 Å². The Morgan fingerprint density at radius 3 is 2.33 bits per heavy atom. The highest BCUT2D eigenvalue weighted by Gasteiger charge is 2.19. The second-order valence-corrected chi connectivity index (χ2v) is 3.80. The lowest BCUT2D eigenvalue weighted by Crippen LogP contribution is -2.10. The molecule has 0 aliphatic rings. The van der Waals surface area contributed by atoms with Gasteiger partial charge in [-0.05, 0) is 24.6 Å². The predicted octanol–water partition coefficient (Wildman–Crippen LogP) is 2.16. The van der Waals surface area contributed by atoms with Crippen LogP contribution in [-0.2, 0) is 4.74 Å². The van der Waals surface area contributed by atoms with E-state index in [1.165, 1.54) is 13.0 Å². The fourth-order valence-corrected chi connectivity index (χ4v) is 1.58. The van der Waals surface area contributed by atoms with Crippen LogP contribution in [-0.4, -0.2) is 13.1 Å². The second-order valence-electron chi connectivity index (χ2n) is 3.80. The van der Waals surface area contributed by atoms with Crippen molar-refractivity contribution in [1.29, 1.82) is 15.8 Å². The summed E-state index contributed by atoms with van der Waals surface area (Å²) in [5.74, 6) is -1.63. The van der Waals surface area contributed by atoms with Crippen LogP contribution in [0.2, 0.25) is 0 Å². The van der Waals surface area contributed by atoms with Gasteiger partial charge in [0.1, 0.15) is 35.3 Å². The Balaban J connectivity index is 3.40. The molecule has 6 nitrogen and oxygen atoms in total. The molecule has 0 aliphatic carbocycles. The lowest BCUT2D eigenvalue weighted by Gasteiger charge is -2.12. The van der Waals surface area contributed by atoms with Crippen molar-refractivity contribution in [2.24, 2.45) is 0 Å². The summed E-state index contributed by atoms with van der Waals surface area (Å²) < 4.78 is 18.2. The number of nitrogens with zero attached hydrogens (tertiary/aromatic N) is 3. The number of hydrogen-bond donors (Lipinski definition) is 1. The maximum Gasteiger partial charge on any atom is 0.341 e. The number of allylic oxidation sites excluding steroid dienone is 2. The molecule has 0 fully saturated rings. The van der Waals surface area contributed by atoms with E-state index in [9.17, 15) is 9.18 Å². The van der Waals surface area contributed by atoms with E-state index in [2.05, 4.69) is 10.1 Å². The maximum absolute atomic E-state index is 13.7. The first kappa shape index (κ1) is 15.7. The molecular formula is C14H9FN4O2. The zero-order chi connectivity index (χ0) is 16.0. The number of carbonyl (C=O) groups excluding carboxylic acids is 1. The Kier molecular flexibility index (Phi) is 5.00. The predicted molar refractivity (Wildman–Crippen MR) is 70.0 cm³/mol. The van der Waals surface area contributed by atoms with Gasteiger partial charge >= 0.3 is 5.97 Å². The lowest BCUT2D eigenvalue weighted by molar-refractivity contribution is 0.0594. The summed E-state index contributed by atoms with van der Waals surface area (Å²) in [6.45, 7) is 1.45. The fraction of sp³-hybridized carbons (Fsp3) is 0.143. The zero-order valence-electron chi connectivity index (χ0n) is 11.2. The molecule has 0 aliphatic heterocycles. The first-order chi connectivity index (χ1) is 9.99. The van der Waals surface area contributed by atoms with Crippen LogP contribution >= 0.6 is 0 Å². The van der Waals surface area contributed by atoms with Crippen molar-refractivity contribution in [2.75, 3.05) is 12.4 Å².